The second-order valence-corrected chi connectivity index (χ2v) is 4.06. The van der Waals surface area contributed by atoms with E-state index in [-0.39, 0.29) is 6.54 Å². The van der Waals surface area contributed by atoms with E-state index in [4.69, 9.17) is 20.1 Å². The number of hydrogen-bond acceptors (Lipinski definition) is 6. The molecule has 0 saturated heterocycles. The van der Waals surface area contributed by atoms with Crippen molar-refractivity contribution >= 4 is 0 Å². The van der Waals surface area contributed by atoms with E-state index >= 15 is 0 Å². The van der Waals surface area contributed by atoms with Gasteiger partial charge in [0.2, 0.25) is 0 Å². The summed E-state index contributed by atoms with van der Waals surface area (Å²) in [5, 5.41) is 10.4. The van der Waals surface area contributed by atoms with Gasteiger partial charge >= 0.3 is 0 Å². The van der Waals surface area contributed by atoms with Gasteiger partial charge in [-0.25, -0.2) is 0 Å². The van der Waals surface area contributed by atoms with Crippen LogP contribution in [0.1, 0.15) is 12.5 Å². The van der Waals surface area contributed by atoms with Crippen LogP contribution in [0.2, 0.25) is 0 Å². The highest BCUT2D eigenvalue weighted by Crippen LogP contribution is 2.40. The molecule has 0 aliphatic carbocycles. The summed E-state index contributed by atoms with van der Waals surface area (Å²) in [7, 11) is 4.58. The van der Waals surface area contributed by atoms with Gasteiger partial charge in [0.05, 0.1) is 26.9 Å². The largest absolute Gasteiger partial charge is 0.496 e. The first-order valence-electron chi connectivity index (χ1n) is 5.46. The van der Waals surface area contributed by atoms with Crippen LogP contribution in [0.3, 0.4) is 0 Å². The molecule has 6 heteroatoms. The lowest BCUT2D eigenvalue weighted by molar-refractivity contribution is 0.0518. The van der Waals surface area contributed by atoms with Crippen molar-refractivity contribution in [2.75, 3.05) is 27.9 Å². The van der Waals surface area contributed by atoms with Gasteiger partial charge in [-0.3, -0.25) is 11.3 Å². The molecule has 1 unspecified atom stereocenters. The molecular weight excluding hydrogens is 236 g/mol. The number of rotatable bonds is 6. The van der Waals surface area contributed by atoms with Gasteiger partial charge in [-0.1, -0.05) is 0 Å². The summed E-state index contributed by atoms with van der Waals surface area (Å²) in [6, 6.07) is 3.37. The predicted octanol–water partition coefficient (Wildman–Crippen LogP) is 0.383. The fourth-order valence-corrected chi connectivity index (χ4v) is 1.82. The maximum atomic E-state index is 10.4. The summed E-state index contributed by atoms with van der Waals surface area (Å²) < 4.78 is 15.7. The number of hydrogen-bond donors (Lipinski definition) is 3. The molecule has 18 heavy (non-hydrogen) atoms. The topological polar surface area (TPSA) is 86.0 Å². The van der Waals surface area contributed by atoms with Gasteiger partial charge in [0, 0.05) is 18.7 Å². The van der Waals surface area contributed by atoms with Crippen molar-refractivity contribution in [2.45, 2.75) is 12.5 Å². The third kappa shape index (κ3) is 2.84. The summed E-state index contributed by atoms with van der Waals surface area (Å²) in [5.74, 6) is 6.82. The molecule has 1 atom stereocenters. The van der Waals surface area contributed by atoms with Gasteiger partial charge in [-0.05, 0) is 6.92 Å². The molecule has 6 nitrogen and oxygen atoms in total. The molecule has 0 aliphatic heterocycles. The van der Waals surface area contributed by atoms with Crippen LogP contribution < -0.4 is 25.5 Å². The molecule has 0 aliphatic rings. The molecular formula is C12H20N2O4. The van der Waals surface area contributed by atoms with E-state index in [1.165, 1.54) is 14.2 Å². The Balaban J connectivity index is 3.39. The van der Waals surface area contributed by atoms with Crippen molar-refractivity contribution in [1.82, 2.24) is 5.43 Å². The summed E-state index contributed by atoms with van der Waals surface area (Å²) >= 11 is 0. The van der Waals surface area contributed by atoms with E-state index in [0.29, 0.717) is 22.8 Å². The first kappa shape index (κ1) is 14.6. The van der Waals surface area contributed by atoms with Crippen molar-refractivity contribution in [2.24, 2.45) is 5.84 Å². The maximum absolute atomic E-state index is 10.4. The third-order valence-corrected chi connectivity index (χ3v) is 2.70. The van der Waals surface area contributed by atoms with Crippen LogP contribution in [0.4, 0.5) is 0 Å². The van der Waals surface area contributed by atoms with Crippen LogP contribution >= 0.6 is 0 Å². The number of nitrogens with two attached hydrogens (primary N) is 1. The number of methoxy groups -OCH3 is 3. The van der Waals surface area contributed by atoms with Crippen LogP contribution in [0.15, 0.2) is 12.1 Å². The zero-order valence-corrected chi connectivity index (χ0v) is 11.1. The lowest BCUT2D eigenvalue weighted by atomic mass is 9.93. The van der Waals surface area contributed by atoms with Crippen molar-refractivity contribution in [3.8, 4) is 17.2 Å². The highest BCUT2D eigenvalue weighted by atomic mass is 16.5. The quantitative estimate of drug-likeness (QED) is 0.504. The van der Waals surface area contributed by atoms with Crippen LogP contribution in [-0.4, -0.2) is 33.0 Å². The van der Waals surface area contributed by atoms with Crippen molar-refractivity contribution < 1.29 is 19.3 Å². The SMILES string of the molecule is COc1cc(OC)c(C(C)(O)CNN)c(OC)c1. The van der Waals surface area contributed by atoms with Gasteiger partial charge in [0.15, 0.2) is 0 Å². The van der Waals surface area contributed by atoms with Gasteiger partial charge < -0.3 is 19.3 Å². The maximum Gasteiger partial charge on any atom is 0.132 e. The fourth-order valence-electron chi connectivity index (χ4n) is 1.82. The Morgan fingerprint density at radius 2 is 1.67 bits per heavy atom. The second-order valence-electron chi connectivity index (χ2n) is 4.06. The molecule has 1 rings (SSSR count). The highest BCUT2D eigenvalue weighted by Gasteiger charge is 2.31. The standard InChI is InChI=1S/C12H20N2O4/c1-12(15,7-14-13)11-9(17-3)5-8(16-2)6-10(11)18-4/h5-6,14-15H,7,13H2,1-4H3. The number of nitrogens with one attached hydrogen (secondary N) is 1. The number of aliphatic hydroxyl groups is 1. The van der Waals surface area contributed by atoms with Gasteiger partial charge in [0.1, 0.15) is 22.8 Å². The van der Waals surface area contributed by atoms with E-state index in [1.54, 1.807) is 26.2 Å². The Hall–Kier alpha value is -1.50. The minimum absolute atomic E-state index is 0.159. The highest BCUT2D eigenvalue weighted by molar-refractivity contribution is 5.53. The normalized spacial score (nSPS) is 13.9. The smallest absolute Gasteiger partial charge is 0.132 e. The summed E-state index contributed by atoms with van der Waals surface area (Å²) in [4.78, 5) is 0. The average Bonchev–Trinajstić information content (AvgIpc) is 2.36. The van der Waals surface area contributed by atoms with E-state index < -0.39 is 5.60 Å². The van der Waals surface area contributed by atoms with Gasteiger partial charge in [0.25, 0.3) is 0 Å². The fraction of sp³-hybridized carbons (Fsp3) is 0.500. The molecule has 0 heterocycles. The molecule has 0 radical (unpaired) electrons. The molecule has 4 N–H and O–H groups in total. The third-order valence-electron chi connectivity index (χ3n) is 2.70. The molecule has 0 bridgehead atoms. The van der Waals surface area contributed by atoms with Crippen molar-refractivity contribution in [3.63, 3.8) is 0 Å². The molecule has 102 valence electrons. The molecule has 0 aromatic heterocycles. The minimum atomic E-state index is -1.22. The van der Waals surface area contributed by atoms with E-state index in [9.17, 15) is 5.11 Å². The Labute approximate surface area is 107 Å². The molecule has 0 fully saturated rings. The molecule has 0 amide bonds. The zero-order valence-electron chi connectivity index (χ0n) is 11.1. The van der Waals surface area contributed by atoms with E-state index in [0.717, 1.165) is 0 Å². The lowest BCUT2D eigenvalue weighted by Crippen LogP contribution is -2.39. The van der Waals surface area contributed by atoms with E-state index in [2.05, 4.69) is 5.43 Å². The lowest BCUT2D eigenvalue weighted by Gasteiger charge is -2.27. The number of benzene rings is 1. The zero-order chi connectivity index (χ0) is 13.8. The Bertz CT molecular complexity index is 382. The summed E-state index contributed by atoms with van der Waals surface area (Å²) in [6.45, 7) is 1.78. The Kier molecular flexibility index (Phi) is 4.77. The predicted molar refractivity (Wildman–Crippen MR) is 67.9 cm³/mol. The summed E-state index contributed by atoms with van der Waals surface area (Å²) in [5.41, 5.74) is 1.74. The minimum Gasteiger partial charge on any atom is -0.496 e. The van der Waals surface area contributed by atoms with E-state index in [1.807, 2.05) is 0 Å². The number of hydrazine groups is 1. The molecule has 1 aromatic rings. The first-order chi connectivity index (χ1) is 8.50. The van der Waals surface area contributed by atoms with Crippen LogP contribution in [0.5, 0.6) is 17.2 Å². The average molecular weight is 256 g/mol. The van der Waals surface area contributed by atoms with Crippen LogP contribution in [0.25, 0.3) is 0 Å². The Morgan fingerprint density at radius 1 is 1.17 bits per heavy atom. The van der Waals surface area contributed by atoms with Gasteiger partial charge in [-0.2, -0.15) is 0 Å². The van der Waals surface area contributed by atoms with Crippen LogP contribution in [0, 0.1) is 0 Å². The molecule has 1 aromatic carbocycles. The Morgan fingerprint density at radius 3 is 2.00 bits per heavy atom. The monoisotopic (exact) mass is 256 g/mol. The van der Waals surface area contributed by atoms with Crippen molar-refractivity contribution in [1.29, 1.82) is 0 Å². The molecule has 0 spiro atoms. The first-order valence-corrected chi connectivity index (χ1v) is 5.46. The van der Waals surface area contributed by atoms with Gasteiger partial charge in [-0.15, -0.1) is 0 Å². The summed E-state index contributed by atoms with van der Waals surface area (Å²) in [6.07, 6.45) is 0. The second kappa shape index (κ2) is 5.90. The number of ether oxygens (including phenoxy) is 3. The van der Waals surface area contributed by atoms with Crippen molar-refractivity contribution in [3.05, 3.63) is 17.7 Å². The molecule has 0 saturated carbocycles. The van der Waals surface area contributed by atoms with Crippen LogP contribution in [-0.2, 0) is 5.60 Å².